The summed E-state index contributed by atoms with van der Waals surface area (Å²) in [5.41, 5.74) is 18.2. The van der Waals surface area contributed by atoms with Gasteiger partial charge in [-0.05, 0) is 154 Å². The Balaban J connectivity index is 0.761. The molecule has 0 atom stereocenters. The Kier molecular flexibility index (Phi) is 10.0. The zero-order chi connectivity index (χ0) is 47.5. The van der Waals surface area contributed by atoms with Crippen molar-refractivity contribution in [2.75, 3.05) is 4.90 Å². The summed E-state index contributed by atoms with van der Waals surface area (Å²) in [6, 6.07) is 96.5. The summed E-state index contributed by atoms with van der Waals surface area (Å²) < 4.78 is 11.3. The average molecular weight is 937 g/mol. The summed E-state index contributed by atoms with van der Waals surface area (Å²) >= 11 is 1.86. The van der Waals surface area contributed by atoms with Crippen LogP contribution in [0.2, 0.25) is 0 Å². The average Bonchev–Trinajstić information content (AvgIpc) is 4.16. The third-order valence-corrected chi connectivity index (χ3v) is 15.4. The van der Waals surface area contributed by atoms with Gasteiger partial charge in [0.1, 0.15) is 11.3 Å². The van der Waals surface area contributed by atoms with Gasteiger partial charge in [0.05, 0.1) is 11.0 Å². The minimum absolute atomic E-state index is 0.858. The van der Waals surface area contributed by atoms with Crippen molar-refractivity contribution in [1.29, 1.82) is 0 Å². The number of fused-ring (bicyclic) bond motifs is 7. The molecule has 0 bridgehead atoms. The molecule has 0 saturated heterocycles. The largest absolute Gasteiger partial charge is 0.456 e. The predicted molar refractivity (Wildman–Crippen MR) is 305 cm³/mol. The first-order valence-corrected chi connectivity index (χ1v) is 25.3. The fourth-order valence-electron chi connectivity index (χ4n) is 10.6. The lowest BCUT2D eigenvalue weighted by atomic mass is 9.98. The molecule has 0 aliphatic carbocycles. The van der Waals surface area contributed by atoms with Crippen LogP contribution in [-0.2, 0) is 0 Å². The van der Waals surface area contributed by atoms with Crippen LogP contribution < -0.4 is 4.90 Å². The molecule has 0 radical (unpaired) electrons. The minimum atomic E-state index is 0.858. The quantitative estimate of drug-likeness (QED) is 0.144. The highest BCUT2D eigenvalue weighted by atomic mass is 32.1. The molecule has 3 heterocycles. The van der Waals surface area contributed by atoms with Crippen LogP contribution in [0.1, 0.15) is 0 Å². The van der Waals surface area contributed by atoms with Gasteiger partial charge in [-0.1, -0.05) is 158 Å². The lowest BCUT2D eigenvalue weighted by molar-refractivity contribution is 0.631. The minimum Gasteiger partial charge on any atom is -0.456 e. The van der Waals surface area contributed by atoms with E-state index >= 15 is 0 Å². The van der Waals surface area contributed by atoms with Gasteiger partial charge in [-0.3, -0.25) is 0 Å². The first kappa shape index (κ1) is 41.7. The van der Waals surface area contributed by atoms with E-state index in [1.807, 2.05) is 29.5 Å². The molecule has 72 heavy (non-hydrogen) atoms. The maximum absolute atomic E-state index is 6.26. The summed E-state index contributed by atoms with van der Waals surface area (Å²) in [6.07, 6.45) is 0. The molecule has 0 aliphatic heterocycles. The number of rotatable bonds is 9. The van der Waals surface area contributed by atoms with Crippen molar-refractivity contribution >= 4 is 81.3 Å². The number of hydrogen-bond donors (Lipinski definition) is 0. The van der Waals surface area contributed by atoms with Crippen molar-refractivity contribution in [2.45, 2.75) is 0 Å². The van der Waals surface area contributed by atoms with Gasteiger partial charge in [0, 0.05) is 64.6 Å². The topological polar surface area (TPSA) is 21.3 Å². The monoisotopic (exact) mass is 936 g/mol. The maximum Gasteiger partial charge on any atom is 0.135 e. The van der Waals surface area contributed by atoms with E-state index in [1.165, 1.54) is 86.6 Å². The highest BCUT2D eigenvalue weighted by Gasteiger charge is 2.17. The Morgan fingerprint density at radius 1 is 0.306 bits per heavy atom. The Labute approximate surface area is 421 Å². The molecule has 0 fully saturated rings. The highest BCUT2D eigenvalue weighted by molar-refractivity contribution is 7.25. The van der Waals surface area contributed by atoms with E-state index in [2.05, 4.69) is 258 Å². The van der Waals surface area contributed by atoms with E-state index in [-0.39, 0.29) is 0 Å². The normalized spacial score (nSPS) is 11.6. The second-order valence-corrected chi connectivity index (χ2v) is 19.6. The van der Waals surface area contributed by atoms with Crippen LogP contribution in [0, 0.1) is 0 Å². The third-order valence-electron chi connectivity index (χ3n) is 14.3. The van der Waals surface area contributed by atoms with Crippen molar-refractivity contribution < 1.29 is 4.42 Å². The first-order chi connectivity index (χ1) is 35.6. The molecule has 14 aromatic rings. The van der Waals surface area contributed by atoms with Gasteiger partial charge in [0.2, 0.25) is 0 Å². The van der Waals surface area contributed by atoms with E-state index in [9.17, 15) is 0 Å². The van der Waals surface area contributed by atoms with E-state index < -0.39 is 0 Å². The third kappa shape index (κ3) is 7.36. The molecule has 4 heteroatoms. The number of thiophene rings is 1. The van der Waals surface area contributed by atoms with Crippen molar-refractivity contribution in [1.82, 2.24) is 4.57 Å². The highest BCUT2D eigenvalue weighted by Crippen LogP contribution is 2.41. The van der Waals surface area contributed by atoms with Gasteiger partial charge >= 0.3 is 0 Å². The smallest absolute Gasteiger partial charge is 0.135 e. The lowest BCUT2D eigenvalue weighted by Crippen LogP contribution is -2.09. The number of aromatic nitrogens is 1. The van der Waals surface area contributed by atoms with Gasteiger partial charge in [0.15, 0.2) is 0 Å². The summed E-state index contributed by atoms with van der Waals surface area (Å²) in [5, 5.41) is 6.25. The van der Waals surface area contributed by atoms with E-state index in [0.717, 1.165) is 44.9 Å². The molecule has 0 amide bonds. The van der Waals surface area contributed by atoms with Crippen molar-refractivity contribution in [2.24, 2.45) is 0 Å². The molecule has 11 aromatic carbocycles. The number of nitrogens with zero attached hydrogens (tertiary/aromatic N) is 2. The standard InChI is InChI=1S/C68H44N2OS/c1-2-11-55(12-3-1)70-63-15-7-5-13-59(63)61-42-52(32-40-64(61)70)49-22-18-45(19-23-49)47-26-34-56(35-27-47)69(58-38-30-51(31-39-58)66-44-54-10-4-8-16-65(54)71-66)57-36-28-48(29-37-57)46-20-24-50(25-21-46)53-33-41-68-62(43-53)60-14-6-9-17-67(60)72-68/h1-44H. The number of furan rings is 1. The molecule has 0 N–H and O–H groups in total. The molecule has 0 aliphatic rings. The van der Waals surface area contributed by atoms with Crippen molar-refractivity contribution in [3.8, 4) is 61.5 Å². The fourth-order valence-corrected chi connectivity index (χ4v) is 11.7. The Bertz CT molecular complexity index is 4250. The van der Waals surface area contributed by atoms with Gasteiger partial charge in [0.25, 0.3) is 0 Å². The van der Waals surface area contributed by atoms with Crippen molar-refractivity contribution in [3.63, 3.8) is 0 Å². The first-order valence-electron chi connectivity index (χ1n) is 24.5. The summed E-state index contributed by atoms with van der Waals surface area (Å²) in [5.74, 6) is 0.858. The van der Waals surface area contributed by atoms with E-state index in [4.69, 9.17) is 4.42 Å². The molecule has 0 unspecified atom stereocenters. The second kappa shape index (κ2) is 17.3. The zero-order valence-electron chi connectivity index (χ0n) is 39.1. The van der Waals surface area contributed by atoms with Crippen LogP contribution in [-0.4, -0.2) is 4.57 Å². The predicted octanol–water partition coefficient (Wildman–Crippen LogP) is 19.7. The Hall–Kier alpha value is -9.22. The van der Waals surface area contributed by atoms with Crippen LogP contribution in [0.4, 0.5) is 17.1 Å². The molecular formula is C68H44N2OS. The number of para-hydroxylation sites is 3. The lowest BCUT2D eigenvalue weighted by Gasteiger charge is -2.26. The summed E-state index contributed by atoms with van der Waals surface area (Å²) in [4.78, 5) is 2.33. The molecule has 0 saturated carbocycles. The van der Waals surface area contributed by atoms with Crippen LogP contribution >= 0.6 is 11.3 Å². The van der Waals surface area contributed by atoms with Crippen LogP contribution in [0.15, 0.2) is 271 Å². The molecule has 338 valence electrons. The summed E-state index contributed by atoms with van der Waals surface area (Å²) in [6.45, 7) is 0. The Morgan fingerprint density at radius 2 is 0.750 bits per heavy atom. The fraction of sp³-hybridized carbons (Fsp3) is 0. The number of anilines is 3. The Morgan fingerprint density at radius 3 is 1.38 bits per heavy atom. The maximum atomic E-state index is 6.26. The van der Waals surface area contributed by atoms with Crippen LogP contribution in [0.5, 0.6) is 0 Å². The second-order valence-electron chi connectivity index (χ2n) is 18.5. The SMILES string of the molecule is c1ccc(-n2c3ccccc3c3cc(-c4ccc(-c5ccc(N(c6ccc(-c7ccc(-c8ccc9sc%10ccccc%10c9c8)cc7)cc6)c6ccc(-c7cc8ccccc8o7)cc6)cc5)cc4)ccc32)cc1. The van der Waals surface area contributed by atoms with E-state index in [0.29, 0.717) is 0 Å². The molecular weight excluding hydrogens is 893 g/mol. The summed E-state index contributed by atoms with van der Waals surface area (Å²) in [7, 11) is 0. The molecule has 3 aromatic heterocycles. The molecule has 3 nitrogen and oxygen atoms in total. The van der Waals surface area contributed by atoms with Gasteiger partial charge in [-0.25, -0.2) is 0 Å². The van der Waals surface area contributed by atoms with Crippen LogP contribution in [0.3, 0.4) is 0 Å². The molecule has 0 spiro atoms. The van der Waals surface area contributed by atoms with Crippen molar-refractivity contribution in [3.05, 3.63) is 267 Å². The number of hydrogen-bond acceptors (Lipinski definition) is 3. The van der Waals surface area contributed by atoms with Gasteiger partial charge in [-0.15, -0.1) is 11.3 Å². The van der Waals surface area contributed by atoms with Gasteiger partial charge < -0.3 is 13.9 Å². The number of benzene rings is 11. The van der Waals surface area contributed by atoms with E-state index in [1.54, 1.807) is 0 Å². The molecule has 14 rings (SSSR count). The van der Waals surface area contributed by atoms with Crippen LogP contribution in [0.25, 0.3) is 114 Å². The van der Waals surface area contributed by atoms with Gasteiger partial charge in [-0.2, -0.15) is 0 Å². The zero-order valence-corrected chi connectivity index (χ0v) is 39.9.